The molecule has 1 saturated heterocycles. The SMILES string of the molecule is CC1(C)CCCCCC12CO2. The molecule has 1 atom stereocenters. The predicted molar refractivity (Wildman–Crippen MR) is 45.5 cm³/mol. The van der Waals surface area contributed by atoms with Crippen LogP contribution in [0.25, 0.3) is 0 Å². The molecular formula is C10H18O. The lowest BCUT2D eigenvalue weighted by Gasteiger charge is -2.29. The first-order valence-corrected chi connectivity index (χ1v) is 4.80. The first kappa shape index (κ1) is 7.60. The number of hydrogen-bond donors (Lipinski definition) is 0. The molecule has 1 aliphatic carbocycles. The highest BCUT2D eigenvalue weighted by Gasteiger charge is 2.55. The molecule has 0 radical (unpaired) electrons. The van der Waals surface area contributed by atoms with Gasteiger partial charge in [0.05, 0.1) is 12.2 Å². The van der Waals surface area contributed by atoms with Gasteiger partial charge in [-0.05, 0) is 18.3 Å². The molecule has 1 spiro atoms. The first-order valence-electron chi connectivity index (χ1n) is 4.80. The van der Waals surface area contributed by atoms with Crippen molar-refractivity contribution in [2.75, 3.05) is 6.61 Å². The molecule has 1 nitrogen and oxygen atoms in total. The molecule has 1 saturated carbocycles. The van der Waals surface area contributed by atoms with Crippen LogP contribution in [0.1, 0.15) is 46.0 Å². The molecule has 0 aromatic rings. The summed E-state index contributed by atoms with van der Waals surface area (Å²) in [6, 6.07) is 0. The fraction of sp³-hybridized carbons (Fsp3) is 1.00. The zero-order chi connectivity index (χ0) is 7.95. The van der Waals surface area contributed by atoms with Crippen molar-refractivity contribution in [2.24, 2.45) is 5.41 Å². The minimum absolute atomic E-state index is 0.309. The maximum atomic E-state index is 5.63. The minimum Gasteiger partial charge on any atom is -0.369 e. The van der Waals surface area contributed by atoms with E-state index in [9.17, 15) is 0 Å². The van der Waals surface area contributed by atoms with Gasteiger partial charge in [-0.2, -0.15) is 0 Å². The smallest absolute Gasteiger partial charge is 0.0967 e. The van der Waals surface area contributed by atoms with Crippen molar-refractivity contribution in [2.45, 2.75) is 51.6 Å². The fourth-order valence-corrected chi connectivity index (χ4v) is 2.34. The van der Waals surface area contributed by atoms with Gasteiger partial charge in [0.2, 0.25) is 0 Å². The number of hydrogen-bond acceptors (Lipinski definition) is 1. The van der Waals surface area contributed by atoms with Gasteiger partial charge >= 0.3 is 0 Å². The fourth-order valence-electron chi connectivity index (χ4n) is 2.34. The average Bonchev–Trinajstić information content (AvgIpc) is 2.68. The summed E-state index contributed by atoms with van der Waals surface area (Å²) in [4.78, 5) is 0. The molecule has 1 aliphatic heterocycles. The molecule has 0 N–H and O–H groups in total. The second-order valence-corrected chi connectivity index (χ2v) is 4.73. The molecule has 2 rings (SSSR count). The van der Waals surface area contributed by atoms with Gasteiger partial charge in [0.15, 0.2) is 0 Å². The van der Waals surface area contributed by atoms with E-state index in [0.717, 1.165) is 6.61 Å². The van der Waals surface area contributed by atoms with Crippen LogP contribution in [0.3, 0.4) is 0 Å². The summed E-state index contributed by atoms with van der Waals surface area (Å²) in [5, 5.41) is 0. The Morgan fingerprint density at radius 3 is 2.27 bits per heavy atom. The van der Waals surface area contributed by atoms with E-state index < -0.39 is 0 Å². The summed E-state index contributed by atoms with van der Waals surface area (Å²) in [5.74, 6) is 0. The summed E-state index contributed by atoms with van der Waals surface area (Å²) in [7, 11) is 0. The highest BCUT2D eigenvalue weighted by atomic mass is 16.6. The Bertz CT molecular complexity index is 150. The van der Waals surface area contributed by atoms with Gasteiger partial charge in [0.25, 0.3) is 0 Å². The van der Waals surface area contributed by atoms with Crippen LogP contribution in [0.15, 0.2) is 0 Å². The summed E-state index contributed by atoms with van der Waals surface area (Å²) in [6.07, 6.45) is 6.85. The molecule has 0 aromatic heterocycles. The van der Waals surface area contributed by atoms with Crippen molar-refractivity contribution in [3.63, 3.8) is 0 Å². The van der Waals surface area contributed by atoms with Crippen molar-refractivity contribution < 1.29 is 4.74 Å². The molecule has 11 heavy (non-hydrogen) atoms. The maximum Gasteiger partial charge on any atom is 0.0967 e. The van der Waals surface area contributed by atoms with E-state index in [4.69, 9.17) is 4.74 Å². The molecule has 2 aliphatic rings. The van der Waals surface area contributed by atoms with Crippen molar-refractivity contribution in [3.05, 3.63) is 0 Å². The normalized spacial score (nSPS) is 42.0. The Morgan fingerprint density at radius 2 is 1.64 bits per heavy atom. The van der Waals surface area contributed by atoms with Crippen LogP contribution in [-0.2, 0) is 4.74 Å². The van der Waals surface area contributed by atoms with Crippen LogP contribution < -0.4 is 0 Å². The molecule has 1 heterocycles. The summed E-state index contributed by atoms with van der Waals surface area (Å²) < 4.78 is 5.63. The quantitative estimate of drug-likeness (QED) is 0.489. The number of ether oxygens (including phenoxy) is 1. The summed E-state index contributed by atoms with van der Waals surface area (Å²) in [5.41, 5.74) is 0.757. The molecular weight excluding hydrogens is 136 g/mol. The monoisotopic (exact) mass is 154 g/mol. The molecule has 0 amide bonds. The second-order valence-electron chi connectivity index (χ2n) is 4.73. The standard InChI is InChI=1S/C10H18O/c1-9(2)6-4-3-5-7-10(9)8-11-10/h3-8H2,1-2H3. The van der Waals surface area contributed by atoms with E-state index in [1.807, 2.05) is 0 Å². The largest absolute Gasteiger partial charge is 0.369 e. The van der Waals surface area contributed by atoms with Gasteiger partial charge in [-0.1, -0.05) is 33.1 Å². The van der Waals surface area contributed by atoms with Crippen molar-refractivity contribution >= 4 is 0 Å². The van der Waals surface area contributed by atoms with Crippen molar-refractivity contribution in [1.29, 1.82) is 0 Å². The number of rotatable bonds is 0. The Kier molecular flexibility index (Phi) is 1.54. The molecule has 0 aromatic carbocycles. The molecule has 0 bridgehead atoms. The van der Waals surface area contributed by atoms with Crippen LogP contribution >= 0.6 is 0 Å². The first-order chi connectivity index (χ1) is 5.16. The van der Waals surface area contributed by atoms with E-state index in [-0.39, 0.29) is 0 Å². The van der Waals surface area contributed by atoms with Gasteiger partial charge in [0.1, 0.15) is 0 Å². The average molecular weight is 154 g/mol. The maximum absolute atomic E-state index is 5.63. The minimum atomic E-state index is 0.309. The lowest BCUT2D eigenvalue weighted by Crippen LogP contribution is -2.31. The lowest BCUT2D eigenvalue weighted by atomic mass is 9.75. The molecule has 1 heteroatoms. The molecule has 2 fully saturated rings. The third kappa shape index (κ3) is 1.10. The summed E-state index contributed by atoms with van der Waals surface area (Å²) >= 11 is 0. The third-order valence-electron chi connectivity index (χ3n) is 3.61. The van der Waals surface area contributed by atoms with Gasteiger partial charge in [-0.25, -0.2) is 0 Å². The Hall–Kier alpha value is -0.0400. The third-order valence-corrected chi connectivity index (χ3v) is 3.61. The van der Waals surface area contributed by atoms with Gasteiger partial charge in [-0.15, -0.1) is 0 Å². The van der Waals surface area contributed by atoms with E-state index in [2.05, 4.69) is 13.8 Å². The zero-order valence-electron chi connectivity index (χ0n) is 7.65. The van der Waals surface area contributed by atoms with Crippen molar-refractivity contribution in [3.8, 4) is 0 Å². The Balaban J connectivity index is 2.14. The topological polar surface area (TPSA) is 12.5 Å². The highest BCUT2D eigenvalue weighted by molar-refractivity contribution is 5.04. The van der Waals surface area contributed by atoms with Crippen LogP contribution in [0, 0.1) is 5.41 Å². The Labute approximate surface area is 69.1 Å². The highest BCUT2D eigenvalue weighted by Crippen LogP contribution is 2.52. The van der Waals surface area contributed by atoms with Crippen LogP contribution in [0.2, 0.25) is 0 Å². The predicted octanol–water partition coefficient (Wildman–Crippen LogP) is 2.75. The van der Waals surface area contributed by atoms with Gasteiger partial charge in [-0.3, -0.25) is 0 Å². The zero-order valence-corrected chi connectivity index (χ0v) is 7.65. The van der Waals surface area contributed by atoms with Crippen LogP contribution in [-0.4, -0.2) is 12.2 Å². The van der Waals surface area contributed by atoms with E-state index in [0.29, 0.717) is 11.0 Å². The van der Waals surface area contributed by atoms with Crippen molar-refractivity contribution in [1.82, 2.24) is 0 Å². The Morgan fingerprint density at radius 1 is 1.00 bits per heavy atom. The summed E-state index contributed by atoms with van der Waals surface area (Å²) in [6.45, 7) is 5.76. The number of epoxide rings is 1. The molecule has 1 unspecified atom stereocenters. The van der Waals surface area contributed by atoms with Gasteiger partial charge < -0.3 is 4.74 Å². The van der Waals surface area contributed by atoms with E-state index in [1.165, 1.54) is 32.1 Å². The van der Waals surface area contributed by atoms with Crippen LogP contribution in [0.5, 0.6) is 0 Å². The van der Waals surface area contributed by atoms with E-state index >= 15 is 0 Å². The van der Waals surface area contributed by atoms with E-state index in [1.54, 1.807) is 0 Å². The van der Waals surface area contributed by atoms with Gasteiger partial charge in [0, 0.05) is 0 Å². The van der Waals surface area contributed by atoms with Crippen LogP contribution in [0.4, 0.5) is 0 Å². The lowest BCUT2D eigenvalue weighted by molar-refractivity contribution is 0.128. The second kappa shape index (κ2) is 2.22. The molecule has 64 valence electrons.